The first-order valence-electron chi connectivity index (χ1n) is 13.6. The summed E-state index contributed by atoms with van der Waals surface area (Å²) >= 11 is 0. The lowest BCUT2D eigenvalue weighted by Gasteiger charge is -2.15. The molecule has 222 valence electrons. The molecule has 1 fully saturated rings. The summed E-state index contributed by atoms with van der Waals surface area (Å²) in [4.78, 5) is 20.7. The second-order valence-corrected chi connectivity index (χ2v) is 12.6. The number of halogens is 2. The molecule has 43 heavy (non-hydrogen) atoms. The summed E-state index contributed by atoms with van der Waals surface area (Å²) in [5.41, 5.74) is 9.52. The van der Waals surface area contributed by atoms with Crippen LogP contribution in [0.2, 0.25) is 0 Å². The van der Waals surface area contributed by atoms with Gasteiger partial charge >= 0.3 is 0 Å². The van der Waals surface area contributed by atoms with E-state index in [1.165, 1.54) is 29.2 Å². The van der Waals surface area contributed by atoms with Gasteiger partial charge in [0.1, 0.15) is 5.82 Å². The summed E-state index contributed by atoms with van der Waals surface area (Å²) in [6.07, 6.45) is 5.81. The molecule has 1 aliphatic carbocycles. The number of nitrogens with one attached hydrogen (secondary N) is 2. The summed E-state index contributed by atoms with van der Waals surface area (Å²) in [5, 5.41) is 4.61. The van der Waals surface area contributed by atoms with Gasteiger partial charge in [0.25, 0.3) is 0 Å². The summed E-state index contributed by atoms with van der Waals surface area (Å²) in [5.74, 6) is -2.69. The quantitative estimate of drug-likeness (QED) is 0.186. The standard InChI is InChI=1S/C30H28F2N6O4S/c1-16-10-18-12-25(36-24(18)13-23(16)37-43(40,41)19-6-3-4-7-19)28(39)20-14-35-38(30(20)33)26-15-34-27(11-17(26)2)42-29-21(31)8-5-9-22(29)32/h5,8-15,19,36-37H,3-4,6-7,33H2,1-2H3. The van der Waals surface area contributed by atoms with E-state index in [4.69, 9.17) is 10.5 Å². The van der Waals surface area contributed by atoms with Crippen molar-refractivity contribution in [3.05, 3.63) is 88.9 Å². The van der Waals surface area contributed by atoms with E-state index in [2.05, 4.69) is 19.8 Å². The largest absolute Gasteiger partial charge is 0.433 e. The maximum absolute atomic E-state index is 14.0. The topological polar surface area (TPSA) is 145 Å². The number of pyridine rings is 1. The number of ketones is 1. The molecule has 3 aromatic heterocycles. The zero-order chi connectivity index (χ0) is 30.5. The summed E-state index contributed by atoms with van der Waals surface area (Å²) in [7, 11) is -3.52. The number of aromatic nitrogens is 4. The predicted octanol–water partition coefficient (Wildman–Crippen LogP) is 5.93. The molecule has 0 aliphatic heterocycles. The Morgan fingerprint density at radius 3 is 2.49 bits per heavy atom. The molecule has 0 radical (unpaired) electrons. The third-order valence-corrected chi connectivity index (χ3v) is 9.52. The van der Waals surface area contributed by atoms with E-state index < -0.39 is 38.4 Å². The number of aryl methyl sites for hydroxylation is 2. The molecule has 0 amide bonds. The second kappa shape index (κ2) is 10.8. The van der Waals surface area contributed by atoms with Crippen LogP contribution in [0.1, 0.15) is 52.9 Å². The average Bonchev–Trinajstić information content (AvgIpc) is 3.72. The Kier molecular flexibility index (Phi) is 7.12. The lowest BCUT2D eigenvalue weighted by atomic mass is 10.1. The Hall–Kier alpha value is -4.78. The highest BCUT2D eigenvalue weighted by Gasteiger charge is 2.29. The van der Waals surface area contributed by atoms with Crippen molar-refractivity contribution in [3.8, 4) is 17.3 Å². The van der Waals surface area contributed by atoms with Crippen LogP contribution in [0.3, 0.4) is 0 Å². The number of ether oxygens (including phenoxy) is 1. The minimum Gasteiger partial charge on any atom is -0.433 e. The highest BCUT2D eigenvalue weighted by Crippen LogP contribution is 2.32. The van der Waals surface area contributed by atoms with Crippen LogP contribution in [0.5, 0.6) is 11.6 Å². The second-order valence-electron chi connectivity index (χ2n) is 10.6. The molecule has 0 spiro atoms. The van der Waals surface area contributed by atoms with E-state index in [-0.39, 0.29) is 23.0 Å². The fraction of sp³-hybridized carbons (Fsp3) is 0.233. The van der Waals surface area contributed by atoms with Crippen molar-refractivity contribution in [3.63, 3.8) is 0 Å². The average molecular weight is 607 g/mol. The number of hydrogen-bond donors (Lipinski definition) is 3. The molecule has 10 nitrogen and oxygen atoms in total. The Bertz CT molecular complexity index is 1980. The lowest BCUT2D eigenvalue weighted by Crippen LogP contribution is -2.25. The van der Waals surface area contributed by atoms with Crippen LogP contribution in [-0.2, 0) is 10.0 Å². The third kappa shape index (κ3) is 5.31. The number of para-hydroxylation sites is 1. The molecule has 5 aromatic rings. The van der Waals surface area contributed by atoms with Gasteiger partial charge in [-0.15, -0.1) is 0 Å². The number of aromatic amines is 1. The van der Waals surface area contributed by atoms with Gasteiger partial charge in [-0.3, -0.25) is 9.52 Å². The summed E-state index contributed by atoms with van der Waals surface area (Å²) in [6.45, 7) is 3.52. The Morgan fingerprint density at radius 2 is 1.79 bits per heavy atom. The number of hydrogen-bond acceptors (Lipinski definition) is 7. The fourth-order valence-corrected chi connectivity index (χ4v) is 6.96. The van der Waals surface area contributed by atoms with Crippen molar-refractivity contribution in [1.82, 2.24) is 19.7 Å². The third-order valence-electron chi connectivity index (χ3n) is 7.67. The lowest BCUT2D eigenvalue weighted by molar-refractivity contribution is 0.103. The SMILES string of the molecule is Cc1cc2cc(C(=O)c3cnn(-c4cnc(Oc5c(F)cccc5F)cc4C)c3N)[nH]c2cc1NS(=O)(=O)C1CCCC1. The number of carbonyl (C=O) groups excluding carboxylic acids is 1. The van der Waals surface area contributed by atoms with Gasteiger partial charge in [0.2, 0.25) is 27.4 Å². The van der Waals surface area contributed by atoms with Gasteiger partial charge in [-0.1, -0.05) is 18.9 Å². The number of benzene rings is 2. The molecule has 13 heteroatoms. The fourth-order valence-electron chi connectivity index (χ4n) is 5.32. The molecule has 3 heterocycles. The van der Waals surface area contributed by atoms with E-state index >= 15 is 0 Å². The smallest absolute Gasteiger partial charge is 0.235 e. The molecular weight excluding hydrogens is 578 g/mol. The first-order valence-corrected chi connectivity index (χ1v) is 15.2. The minimum absolute atomic E-state index is 0.0365. The number of anilines is 2. The van der Waals surface area contributed by atoms with Crippen LogP contribution in [0.25, 0.3) is 16.6 Å². The van der Waals surface area contributed by atoms with Crippen LogP contribution in [-0.4, -0.2) is 39.2 Å². The van der Waals surface area contributed by atoms with E-state index in [1.807, 2.05) is 13.0 Å². The normalized spacial score (nSPS) is 14.0. The van der Waals surface area contributed by atoms with Gasteiger partial charge in [0, 0.05) is 17.0 Å². The molecule has 0 atom stereocenters. The van der Waals surface area contributed by atoms with Crippen molar-refractivity contribution >= 4 is 38.2 Å². The molecule has 6 rings (SSSR count). The highest BCUT2D eigenvalue weighted by atomic mass is 32.2. The van der Waals surface area contributed by atoms with E-state index in [0.717, 1.165) is 35.9 Å². The number of fused-ring (bicyclic) bond motifs is 1. The van der Waals surface area contributed by atoms with Gasteiger partial charge in [-0.25, -0.2) is 26.9 Å². The number of nitrogen functional groups attached to an aromatic ring is 1. The van der Waals surface area contributed by atoms with Gasteiger partial charge in [-0.2, -0.15) is 5.10 Å². The van der Waals surface area contributed by atoms with E-state index in [9.17, 15) is 22.0 Å². The Labute approximate surface area is 245 Å². The number of nitrogens with zero attached hydrogens (tertiary/aromatic N) is 3. The maximum atomic E-state index is 14.0. The van der Waals surface area contributed by atoms with Crippen LogP contribution in [0.15, 0.2) is 54.9 Å². The van der Waals surface area contributed by atoms with Crippen LogP contribution in [0, 0.1) is 25.5 Å². The molecule has 0 bridgehead atoms. The first-order chi connectivity index (χ1) is 20.5. The van der Waals surface area contributed by atoms with E-state index in [0.29, 0.717) is 35.3 Å². The highest BCUT2D eigenvalue weighted by molar-refractivity contribution is 7.93. The Morgan fingerprint density at radius 1 is 1.07 bits per heavy atom. The monoisotopic (exact) mass is 606 g/mol. The van der Waals surface area contributed by atoms with Crippen molar-refractivity contribution in [2.45, 2.75) is 44.8 Å². The minimum atomic E-state index is -3.52. The Balaban J connectivity index is 1.25. The zero-order valence-electron chi connectivity index (χ0n) is 23.3. The van der Waals surface area contributed by atoms with Gasteiger partial charge in [-0.05, 0) is 68.1 Å². The van der Waals surface area contributed by atoms with Crippen molar-refractivity contribution in [2.75, 3.05) is 10.5 Å². The molecular formula is C30H28F2N6O4S. The summed E-state index contributed by atoms with van der Waals surface area (Å²) in [6, 6.07) is 10.0. The molecule has 1 aliphatic rings. The van der Waals surface area contributed by atoms with Crippen LogP contribution < -0.4 is 15.2 Å². The maximum Gasteiger partial charge on any atom is 0.235 e. The molecule has 1 saturated carbocycles. The molecule has 0 saturated heterocycles. The van der Waals surface area contributed by atoms with Gasteiger partial charge < -0.3 is 15.5 Å². The number of nitrogens with two attached hydrogens (primary N) is 1. The van der Waals surface area contributed by atoms with E-state index in [1.54, 1.807) is 19.1 Å². The number of sulfonamides is 1. The van der Waals surface area contributed by atoms with Crippen LogP contribution in [0.4, 0.5) is 20.3 Å². The van der Waals surface area contributed by atoms with Crippen molar-refractivity contribution < 1.29 is 26.7 Å². The van der Waals surface area contributed by atoms with Crippen LogP contribution >= 0.6 is 0 Å². The molecule has 2 aromatic carbocycles. The molecule has 0 unspecified atom stereocenters. The van der Waals surface area contributed by atoms with Crippen molar-refractivity contribution in [2.24, 2.45) is 0 Å². The zero-order valence-corrected chi connectivity index (χ0v) is 24.1. The van der Waals surface area contributed by atoms with Gasteiger partial charge in [0.15, 0.2) is 11.6 Å². The first kappa shape index (κ1) is 28.3. The number of H-pyrrole nitrogens is 1. The molecule has 4 N–H and O–H groups in total. The number of rotatable bonds is 8. The number of carbonyl (C=O) groups is 1. The predicted molar refractivity (Wildman–Crippen MR) is 158 cm³/mol. The van der Waals surface area contributed by atoms with Crippen molar-refractivity contribution in [1.29, 1.82) is 0 Å². The summed E-state index contributed by atoms with van der Waals surface area (Å²) < 4.78 is 63.1. The van der Waals surface area contributed by atoms with Gasteiger partial charge in [0.05, 0.1) is 40.3 Å².